The Hall–Kier alpha value is -0.160. The molecular weight excluding hydrogens is 304 g/mol. The molecule has 0 unspecified atom stereocenters. The maximum absolute atomic E-state index is 6.23. The summed E-state index contributed by atoms with van der Waals surface area (Å²) in [6.45, 7) is 10.3. The third-order valence-corrected chi connectivity index (χ3v) is 8.70. The Balaban J connectivity index is 1.47. The van der Waals surface area contributed by atoms with Crippen molar-refractivity contribution in [2.24, 2.45) is 28.6 Å². The first kappa shape index (κ1) is 16.0. The number of ether oxygens (including phenoxy) is 4. The lowest BCUT2D eigenvalue weighted by atomic mass is 9.48. The van der Waals surface area contributed by atoms with Crippen LogP contribution >= 0.6 is 0 Å². The molecule has 4 heteroatoms. The first-order valence-corrected chi connectivity index (χ1v) is 10.0. The Morgan fingerprint density at radius 1 is 0.625 bits per heavy atom. The second kappa shape index (κ2) is 4.97. The lowest BCUT2D eigenvalue weighted by Crippen LogP contribution is -2.61. The van der Waals surface area contributed by atoms with E-state index < -0.39 is 0 Å². The average molecular weight is 336 g/mol. The Morgan fingerprint density at radius 2 is 1.17 bits per heavy atom. The van der Waals surface area contributed by atoms with E-state index in [4.69, 9.17) is 18.9 Å². The molecule has 24 heavy (non-hydrogen) atoms. The summed E-state index contributed by atoms with van der Waals surface area (Å²) >= 11 is 0. The van der Waals surface area contributed by atoms with Gasteiger partial charge in [-0.25, -0.2) is 0 Å². The van der Waals surface area contributed by atoms with E-state index in [0.29, 0.717) is 11.8 Å². The summed E-state index contributed by atoms with van der Waals surface area (Å²) in [5.74, 6) is 1.52. The van der Waals surface area contributed by atoms with Crippen molar-refractivity contribution in [1.82, 2.24) is 0 Å². The lowest BCUT2D eigenvalue weighted by molar-refractivity contribution is -0.295. The molecule has 2 aliphatic heterocycles. The standard InChI is InChI=1S/C20H32O4/c1-17(2)15-5-7-18(3)16(6-9-20(18)23-12-13-24-20)14(15)4-8-19(17)21-10-11-22-19/h14-16H,4-13H2,1-3H3/t14-,15+,16+,18+/m1/s1. The van der Waals surface area contributed by atoms with Crippen molar-refractivity contribution >= 4 is 0 Å². The van der Waals surface area contributed by atoms with Crippen LogP contribution in [0.4, 0.5) is 0 Å². The van der Waals surface area contributed by atoms with Crippen molar-refractivity contribution in [3.05, 3.63) is 0 Å². The fraction of sp³-hybridized carbons (Fsp3) is 1.00. The molecule has 0 radical (unpaired) electrons. The molecule has 0 amide bonds. The minimum absolute atomic E-state index is 0.0842. The molecule has 5 aliphatic rings. The Morgan fingerprint density at radius 3 is 1.83 bits per heavy atom. The number of hydrogen-bond donors (Lipinski definition) is 0. The topological polar surface area (TPSA) is 36.9 Å². The van der Waals surface area contributed by atoms with Gasteiger partial charge in [-0.05, 0) is 43.4 Å². The van der Waals surface area contributed by atoms with Gasteiger partial charge in [0.25, 0.3) is 0 Å². The molecule has 0 aromatic heterocycles. The Kier molecular flexibility index (Phi) is 3.32. The molecule has 0 aromatic carbocycles. The quantitative estimate of drug-likeness (QED) is 0.675. The number of hydrogen-bond acceptors (Lipinski definition) is 4. The maximum atomic E-state index is 6.23. The van der Waals surface area contributed by atoms with Crippen LogP contribution in [0.25, 0.3) is 0 Å². The second-order valence-electron chi connectivity index (χ2n) is 9.53. The minimum Gasteiger partial charge on any atom is -0.347 e. The van der Waals surface area contributed by atoms with Crippen LogP contribution in [0, 0.1) is 28.6 Å². The highest BCUT2D eigenvalue weighted by Crippen LogP contribution is 2.69. The minimum atomic E-state index is -0.335. The van der Waals surface area contributed by atoms with E-state index in [0.717, 1.165) is 45.2 Å². The van der Waals surface area contributed by atoms with E-state index >= 15 is 0 Å². The molecule has 5 rings (SSSR count). The van der Waals surface area contributed by atoms with Crippen LogP contribution in [0.15, 0.2) is 0 Å². The van der Waals surface area contributed by atoms with Crippen LogP contribution in [-0.2, 0) is 18.9 Å². The summed E-state index contributed by atoms with van der Waals surface area (Å²) in [5.41, 5.74) is 0.267. The second-order valence-corrected chi connectivity index (χ2v) is 9.53. The van der Waals surface area contributed by atoms with Crippen LogP contribution in [0.2, 0.25) is 0 Å². The summed E-state index contributed by atoms with van der Waals surface area (Å²) in [6, 6.07) is 0. The van der Waals surface area contributed by atoms with Crippen LogP contribution in [0.1, 0.15) is 59.3 Å². The van der Waals surface area contributed by atoms with Crippen molar-refractivity contribution < 1.29 is 18.9 Å². The summed E-state index contributed by atoms with van der Waals surface area (Å²) < 4.78 is 24.9. The smallest absolute Gasteiger partial charge is 0.174 e. The van der Waals surface area contributed by atoms with Gasteiger partial charge in [0.15, 0.2) is 11.6 Å². The Bertz CT molecular complexity index is 506. The van der Waals surface area contributed by atoms with E-state index in [2.05, 4.69) is 20.8 Å². The van der Waals surface area contributed by atoms with Gasteiger partial charge in [-0.15, -0.1) is 0 Å². The molecular formula is C20H32O4. The predicted octanol–water partition coefficient (Wildman–Crippen LogP) is 3.74. The fourth-order valence-electron chi connectivity index (χ4n) is 7.40. The van der Waals surface area contributed by atoms with E-state index in [1.54, 1.807) is 0 Å². The third kappa shape index (κ3) is 1.74. The fourth-order valence-corrected chi connectivity index (χ4v) is 7.40. The monoisotopic (exact) mass is 336 g/mol. The first-order valence-electron chi connectivity index (χ1n) is 10.0. The van der Waals surface area contributed by atoms with E-state index in [9.17, 15) is 0 Å². The number of rotatable bonds is 0. The molecule has 0 aromatic rings. The molecule has 2 heterocycles. The molecule has 0 N–H and O–H groups in total. The molecule has 4 nitrogen and oxygen atoms in total. The highest BCUT2D eigenvalue weighted by atomic mass is 16.7. The average Bonchev–Trinajstić information content (AvgIpc) is 3.26. The molecule has 3 saturated carbocycles. The molecule has 136 valence electrons. The van der Waals surface area contributed by atoms with E-state index in [1.165, 1.54) is 25.7 Å². The van der Waals surface area contributed by atoms with Crippen molar-refractivity contribution in [3.8, 4) is 0 Å². The van der Waals surface area contributed by atoms with Gasteiger partial charge in [0.1, 0.15) is 0 Å². The molecule has 0 bridgehead atoms. The van der Waals surface area contributed by atoms with E-state index in [1.807, 2.05) is 0 Å². The normalized spacial score (nSPS) is 47.9. The molecule has 2 spiro atoms. The first-order chi connectivity index (χ1) is 11.4. The van der Waals surface area contributed by atoms with Crippen molar-refractivity contribution in [1.29, 1.82) is 0 Å². The maximum Gasteiger partial charge on any atom is 0.174 e. The van der Waals surface area contributed by atoms with Gasteiger partial charge in [-0.2, -0.15) is 0 Å². The zero-order chi connectivity index (χ0) is 16.6. The third-order valence-electron chi connectivity index (χ3n) is 8.70. The van der Waals surface area contributed by atoms with Gasteiger partial charge < -0.3 is 18.9 Å². The molecule has 2 saturated heterocycles. The van der Waals surface area contributed by atoms with E-state index in [-0.39, 0.29) is 22.4 Å². The highest BCUT2D eigenvalue weighted by Gasteiger charge is 2.69. The van der Waals surface area contributed by atoms with Crippen molar-refractivity contribution in [2.45, 2.75) is 70.9 Å². The van der Waals surface area contributed by atoms with Gasteiger partial charge >= 0.3 is 0 Å². The molecule has 3 aliphatic carbocycles. The van der Waals surface area contributed by atoms with Gasteiger partial charge in [0, 0.05) is 23.7 Å². The lowest BCUT2D eigenvalue weighted by Gasteiger charge is -2.60. The van der Waals surface area contributed by atoms with Crippen molar-refractivity contribution in [2.75, 3.05) is 26.4 Å². The summed E-state index contributed by atoms with van der Waals surface area (Å²) in [5, 5.41) is 0. The highest BCUT2D eigenvalue weighted by molar-refractivity contribution is 5.13. The summed E-state index contributed by atoms with van der Waals surface area (Å²) in [4.78, 5) is 0. The van der Waals surface area contributed by atoms with Gasteiger partial charge in [-0.1, -0.05) is 20.8 Å². The van der Waals surface area contributed by atoms with Gasteiger partial charge in [-0.3, -0.25) is 0 Å². The number of fused-ring (bicyclic) bond motifs is 4. The molecule has 4 atom stereocenters. The summed E-state index contributed by atoms with van der Waals surface area (Å²) in [7, 11) is 0. The summed E-state index contributed by atoms with van der Waals surface area (Å²) in [6.07, 6.45) is 7.05. The molecule has 5 fully saturated rings. The van der Waals surface area contributed by atoms with Crippen molar-refractivity contribution in [3.63, 3.8) is 0 Å². The zero-order valence-electron chi connectivity index (χ0n) is 15.4. The largest absolute Gasteiger partial charge is 0.347 e. The SMILES string of the molecule is CC1(C)[C@H]2CC[C@@]3(C)[C@@H](CCC34OCCO4)[C@@H]2CCC12OCCO2. The van der Waals surface area contributed by atoms with Crippen LogP contribution in [-0.4, -0.2) is 38.0 Å². The van der Waals surface area contributed by atoms with Gasteiger partial charge in [0.05, 0.1) is 26.4 Å². The predicted molar refractivity (Wildman–Crippen MR) is 89.3 cm³/mol. The van der Waals surface area contributed by atoms with Crippen LogP contribution in [0.5, 0.6) is 0 Å². The van der Waals surface area contributed by atoms with Crippen LogP contribution < -0.4 is 0 Å². The van der Waals surface area contributed by atoms with Crippen LogP contribution in [0.3, 0.4) is 0 Å². The Labute approximate surface area is 145 Å². The zero-order valence-corrected chi connectivity index (χ0v) is 15.4. The van der Waals surface area contributed by atoms with Gasteiger partial charge in [0.2, 0.25) is 0 Å².